The quantitative estimate of drug-likeness (QED) is 0.814. The number of aryl methyl sites for hydroxylation is 1. The lowest BCUT2D eigenvalue weighted by Crippen LogP contribution is -1.89. The summed E-state index contributed by atoms with van der Waals surface area (Å²) in [7, 11) is 1.62. The van der Waals surface area contributed by atoms with Gasteiger partial charge in [-0.3, -0.25) is 0 Å². The summed E-state index contributed by atoms with van der Waals surface area (Å²) in [5.41, 5.74) is 7.47. The van der Waals surface area contributed by atoms with E-state index < -0.39 is 0 Å². The number of hydrogen-bond acceptors (Lipinski definition) is 4. The van der Waals surface area contributed by atoms with Gasteiger partial charge in [-0.1, -0.05) is 17.3 Å². The number of aromatic nitrogens is 1. The normalized spacial score (nSPS) is 10.3. The minimum Gasteiger partial charge on any atom is -0.496 e. The van der Waals surface area contributed by atoms with Crippen LogP contribution in [0.15, 0.2) is 28.8 Å². The van der Waals surface area contributed by atoms with Crippen molar-refractivity contribution in [3.05, 3.63) is 29.8 Å². The highest BCUT2D eigenvalue weighted by atomic mass is 16.5. The van der Waals surface area contributed by atoms with Crippen LogP contribution in [-0.4, -0.2) is 12.3 Å². The Balaban J connectivity index is 2.60. The van der Waals surface area contributed by atoms with Gasteiger partial charge in [0.05, 0.1) is 12.7 Å². The minimum atomic E-state index is 0.371. The summed E-state index contributed by atoms with van der Waals surface area (Å²) in [6.07, 6.45) is 0. The van der Waals surface area contributed by atoms with E-state index in [1.165, 1.54) is 0 Å². The molecule has 4 heteroatoms. The number of hydrogen-bond donors (Lipinski definition) is 1. The summed E-state index contributed by atoms with van der Waals surface area (Å²) in [5, 5.41) is 3.66. The van der Waals surface area contributed by atoms with E-state index in [9.17, 15) is 0 Å². The first-order valence-corrected chi connectivity index (χ1v) is 4.58. The van der Waals surface area contributed by atoms with Crippen LogP contribution in [0.3, 0.4) is 0 Å². The summed E-state index contributed by atoms with van der Waals surface area (Å²) in [5.74, 6) is 1.75. The first-order valence-electron chi connectivity index (χ1n) is 4.58. The number of anilines is 1. The molecule has 1 aromatic heterocycles. The van der Waals surface area contributed by atoms with Gasteiger partial charge < -0.3 is 15.0 Å². The Morgan fingerprint density at radius 2 is 2.20 bits per heavy atom. The molecule has 0 radical (unpaired) electrons. The molecule has 0 bridgehead atoms. The first-order chi connectivity index (χ1) is 7.22. The van der Waals surface area contributed by atoms with Crippen molar-refractivity contribution < 1.29 is 9.26 Å². The van der Waals surface area contributed by atoms with E-state index in [1.54, 1.807) is 13.2 Å². The molecule has 0 aliphatic heterocycles. The van der Waals surface area contributed by atoms with Gasteiger partial charge in [0, 0.05) is 6.07 Å². The molecule has 0 atom stereocenters. The Bertz CT molecular complexity index is 477. The first kappa shape index (κ1) is 9.58. The Kier molecular flexibility index (Phi) is 2.33. The zero-order chi connectivity index (χ0) is 10.8. The van der Waals surface area contributed by atoms with Crippen molar-refractivity contribution in [3.8, 4) is 17.1 Å². The average molecular weight is 204 g/mol. The zero-order valence-electron chi connectivity index (χ0n) is 8.65. The molecule has 2 aromatic rings. The third-order valence-electron chi connectivity index (χ3n) is 2.23. The maximum atomic E-state index is 5.51. The molecule has 0 fully saturated rings. The van der Waals surface area contributed by atoms with Crippen molar-refractivity contribution in [2.75, 3.05) is 12.8 Å². The van der Waals surface area contributed by atoms with Crippen LogP contribution in [0.25, 0.3) is 11.3 Å². The molecule has 0 saturated heterocycles. The van der Waals surface area contributed by atoms with E-state index in [1.807, 2.05) is 25.1 Å². The summed E-state index contributed by atoms with van der Waals surface area (Å²) >= 11 is 0. The van der Waals surface area contributed by atoms with E-state index in [2.05, 4.69) is 5.16 Å². The van der Waals surface area contributed by atoms with E-state index in [0.717, 1.165) is 16.9 Å². The van der Waals surface area contributed by atoms with Crippen molar-refractivity contribution in [1.29, 1.82) is 0 Å². The van der Waals surface area contributed by atoms with E-state index in [4.69, 9.17) is 15.0 Å². The zero-order valence-corrected chi connectivity index (χ0v) is 8.65. The molecule has 1 heterocycles. The predicted octanol–water partition coefficient (Wildman–Crippen LogP) is 2.24. The fraction of sp³-hybridized carbons (Fsp3) is 0.182. The maximum Gasteiger partial charge on any atom is 0.173 e. The molecule has 0 unspecified atom stereocenters. The van der Waals surface area contributed by atoms with Gasteiger partial charge in [0.15, 0.2) is 11.6 Å². The number of benzene rings is 1. The van der Waals surface area contributed by atoms with Crippen LogP contribution in [0, 0.1) is 6.92 Å². The third-order valence-corrected chi connectivity index (χ3v) is 2.23. The van der Waals surface area contributed by atoms with Gasteiger partial charge in [-0.2, -0.15) is 0 Å². The van der Waals surface area contributed by atoms with Crippen LogP contribution in [0.2, 0.25) is 0 Å². The van der Waals surface area contributed by atoms with Gasteiger partial charge in [0.1, 0.15) is 5.75 Å². The van der Waals surface area contributed by atoms with Crippen molar-refractivity contribution >= 4 is 5.82 Å². The topological polar surface area (TPSA) is 61.3 Å². The largest absolute Gasteiger partial charge is 0.496 e. The molecular weight excluding hydrogens is 192 g/mol. The Labute approximate surface area is 87.6 Å². The molecule has 4 nitrogen and oxygen atoms in total. The second-order valence-corrected chi connectivity index (χ2v) is 3.27. The van der Waals surface area contributed by atoms with Crippen LogP contribution in [0.5, 0.6) is 5.75 Å². The second kappa shape index (κ2) is 3.65. The van der Waals surface area contributed by atoms with Crippen molar-refractivity contribution in [2.45, 2.75) is 6.92 Å². The van der Waals surface area contributed by atoms with Gasteiger partial charge in [-0.05, 0) is 18.6 Å². The van der Waals surface area contributed by atoms with E-state index >= 15 is 0 Å². The summed E-state index contributed by atoms with van der Waals surface area (Å²) in [4.78, 5) is 0. The Hall–Kier alpha value is -1.97. The van der Waals surface area contributed by atoms with Gasteiger partial charge in [0.2, 0.25) is 0 Å². The Morgan fingerprint density at radius 3 is 2.80 bits per heavy atom. The molecule has 0 saturated carbocycles. The number of rotatable bonds is 2. The highest BCUT2D eigenvalue weighted by Gasteiger charge is 2.13. The lowest BCUT2D eigenvalue weighted by molar-refractivity contribution is 0.406. The molecule has 0 amide bonds. The standard InChI is InChI=1S/C11H12N2O2/c1-7-4-3-5-8(14-2)11(7)9-6-10(12)13-15-9/h3-6H,1-2H3,(H2,12,13). The van der Waals surface area contributed by atoms with Crippen LogP contribution >= 0.6 is 0 Å². The van der Waals surface area contributed by atoms with E-state index in [-0.39, 0.29) is 0 Å². The van der Waals surface area contributed by atoms with Crippen molar-refractivity contribution in [1.82, 2.24) is 5.16 Å². The molecule has 0 spiro atoms. The van der Waals surface area contributed by atoms with E-state index in [0.29, 0.717) is 11.6 Å². The SMILES string of the molecule is COc1cccc(C)c1-c1cc(N)no1. The lowest BCUT2D eigenvalue weighted by atomic mass is 10.1. The molecule has 1 aromatic carbocycles. The molecule has 0 aliphatic rings. The predicted molar refractivity (Wildman–Crippen MR) is 57.6 cm³/mol. The fourth-order valence-electron chi connectivity index (χ4n) is 1.53. The third kappa shape index (κ3) is 1.66. The average Bonchev–Trinajstić information content (AvgIpc) is 2.64. The fourth-order valence-corrected chi connectivity index (χ4v) is 1.53. The van der Waals surface area contributed by atoms with Crippen LogP contribution < -0.4 is 10.5 Å². The molecule has 78 valence electrons. The van der Waals surface area contributed by atoms with Crippen molar-refractivity contribution in [2.24, 2.45) is 0 Å². The summed E-state index contributed by atoms with van der Waals surface area (Å²) in [6, 6.07) is 7.47. The number of nitrogens with two attached hydrogens (primary N) is 1. The molecule has 2 rings (SSSR count). The van der Waals surface area contributed by atoms with Crippen molar-refractivity contribution in [3.63, 3.8) is 0 Å². The second-order valence-electron chi connectivity index (χ2n) is 3.27. The number of nitrogen functional groups attached to an aromatic ring is 1. The van der Waals surface area contributed by atoms with Gasteiger partial charge in [-0.15, -0.1) is 0 Å². The minimum absolute atomic E-state index is 0.371. The summed E-state index contributed by atoms with van der Waals surface area (Å²) in [6.45, 7) is 1.98. The highest BCUT2D eigenvalue weighted by molar-refractivity contribution is 5.70. The monoisotopic (exact) mass is 204 g/mol. The molecule has 0 aliphatic carbocycles. The number of methoxy groups -OCH3 is 1. The number of nitrogens with zero attached hydrogens (tertiary/aromatic N) is 1. The maximum absolute atomic E-state index is 5.51. The number of ether oxygens (including phenoxy) is 1. The van der Waals surface area contributed by atoms with Crippen LogP contribution in [0.4, 0.5) is 5.82 Å². The molecule has 15 heavy (non-hydrogen) atoms. The van der Waals surface area contributed by atoms with Crippen LogP contribution in [0.1, 0.15) is 5.56 Å². The smallest absolute Gasteiger partial charge is 0.173 e. The van der Waals surface area contributed by atoms with Crippen LogP contribution in [-0.2, 0) is 0 Å². The molecular formula is C11H12N2O2. The van der Waals surface area contributed by atoms with Gasteiger partial charge >= 0.3 is 0 Å². The molecule has 2 N–H and O–H groups in total. The lowest BCUT2D eigenvalue weighted by Gasteiger charge is -2.07. The van der Waals surface area contributed by atoms with Gasteiger partial charge in [-0.25, -0.2) is 0 Å². The highest BCUT2D eigenvalue weighted by Crippen LogP contribution is 2.33. The summed E-state index contributed by atoms with van der Waals surface area (Å²) < 4.78 is 10.4. The Morgan fingerprint density at radius 1 is 1.40 bits per heavy atom. The van der Waals surface area contributed by atoms with Gasteiger partial charge in [0.25, 0.3) is 0 Å².